The van der Waals surface area contributed by atoms with Gasteiger partial charge in [0.15, 0.2) is 0 Å². The molecule has 2 amide bonds. The molecule has 0 unspecified atom stereocenters. The number of carbonyl (C=O) groups excluding carboxylic acids is 2. The third kappa shape index (κ3) is 4.97. The van der Waals surface area contributed by atoms with Crippen LogP contribution in [0.2, 0.25) is 0 Å². The quantitative estimate of drug-likeness (QED) is 0.793. The van der Waals surface area contributed by atoms with E-state index < -0.39 is 0 Å². The van der Waals surface area contributed by atoms with Gasteiger partial charge in [-0.2, -0.15) is 0 Å². The highest BCUT2D eigenvalue weighted by atomic mass is 16.5. The van der Waals surface area contributed by atoms with Crippen molar-refractivity contribution in [3.63, 3.8) is 0 Å². The van der Waals surface area contributed by atoms with E-state index in [9.17, 15) is 9.59 Å². The Hall–Kier alpha value is -3.09. The number of benzene rings is 1. The predicted molar refractivity (Wildman–Crippen MR) is 103 cm³/mol. The zero-order valence-corrected chi connectivity index (χ0v) is 15.6. The van der Waals surface area contributed by atoms with Crippen molar-refractivity contribution in [2.45, 2.75) is 20.0 Å². The first kappa shape index (κ1) is 18.7. The van der Waals surface area contributed by atoms with Gasteiger partial charge in [0.2, 0.25) is 6.41 Å². The number of aromatic nitrogens is 1. The Morgan fingerprint density at radius 2 is 1.81 bits per heavy atom. The summed E-state index contributed by atoms with van der Waals surface area (Å²) in [7, 11) is 0. The lowest BCUT2D eigenvalue weighted by Gasteiger charge is -2.32. The molecule has 0 spiro atoms. The van der Waals surface area contributed by atoms with Crippen LogP contribution in [0.15, 0.2) is 42.6 Å². The van der Waals surface area contributed by atoms with Crippen LogP contribution in [0.25, 0.3) is 0 Å². The number of carbonyl (C=O) groups is 2. The smallest absolute Gasteiger partial charge is 0.255 e. The average Bonchev–Trinajstić information content (AvgIpc) is 2.69. The number of piperazine rings is 1. The largest absolute Gasteiger partial charge is 0.491 e. The van der Waals surface area contributed by atoms with Gasteiger partial charge in [-0.15, -0.1) is 0 Å². The maximum Gasteiger partial charge on any atom is 0.255 e. The SMILES string of the molecule is CC(C)Oc1ccc(Nc2ccc(C(=O)N3CCN(C=O)CC3)cn2)cc1. The molecule has 1 aliphatic rings. The first-order valence-corrected chi connectivity index (χ1v) is 9.03. The summed E-state index contributed by atoms with van der Waals surface area (Å²) < 4.78 is 5.63. The molecular formula is C20H24N4O3. The highest BCUT2D eigenvalue weighted by Gasteiger charge is 2.21. The zero-order chi connectivity index (χ0) is 19.2. The summed E-state index contributed by atoms with van der Waals surface area (Å²) in [6.07, 6.45) is 2.54. The Balaban J connectivity index is 1.58. The maximum atomic E-state index is 12.5. The highest BCUT2D eigenvalue weighted by molar-refractivity contribution is 5.94. The van der Waals surface area contributed by atoms with Crippen LogP contribution in [0.4, 0.5) is 11.5 Å². The Morgan fingerprint density at radius 3 is 2.37 bits per heavy atom. The number of hydrogen-bond donors (Lipinski definition) is 1. The van der Waals surface area contributed by atoms with Gasteiger partial charge in [0.05, 0.1) is 11.7 Å². The van der Waals surface area contributed by atoms with E-state index in [0.29, 0.717) is 37.6 Å². The highest BCUT2D eigenvalue weighted by Crippen LogP contribution is 2.20. The minimum atomic E-state index is -0.0604. The maximum absolute atomic E-state index is 12.5. The Morgan fingerprint density at radius 1 is 1.11 bits per heavy atom. The molecule has 0 atom stereocenters. The molecule has 1 N–H and O–H groups in total. The predicted octanol–water partition coefficient (Wildman–Crippen LogP) is 2.53. The minimum Gasteiger partial charge on any atom is -0.491 e. The molecule has 1 aliphatic heterocycles. The second-order valence-corrected chi connectivity index (χ2v) is 6.68. The van der Waals surface area contributed by atoms with Crippen LogP contribution in [-0.4, -0.2) is 59.4 Å². The van der Waals surface area contributed by atoms with Gasteiger partial charge in [-0.05, 0) is 50.2 Å². The monoisotopic (exact) mass is 368 g/mol. The van der Waals surface area contributed by atoms with Gasteiger partial charge in [-0.3, -0.25) is 9.59 Å². The Labute approximate surface area is 158 Å². The van der Waals surface area contributed by atoms with Gasteiger partial charge in [0.1, 0.15) is 11.6 Å². The van der Waals surface area contributed by atoms with Crippen LogP contribution in [0.1, 0.15) is 24.2 Å². The molecule has 0 bridgehead atoms. The molecule has 1 aromatic carbocycles. The Bertz CT molecular complexity index is 767. The summed E-state index contributed by atoms with van der Waals surface area (Å²) in [6, 6.07) is 11.2. The second kappa shape index (κ2) is 8.53. The molecule has 27 heavy (non-hydrogen) atoms. The lowest BCUT2D eigenvalue weighted by atomic mass is 10.2. The number of amides is 2. The third-order valence-corrected chi connectivity index (χ3v) is 4.26. The van der Waals surface area contributed by atoms with Gasteiger partial charge in [-0.25, -0.2) is 4.98 Å². The van der Waals surface area contributed by atoms with Gasteiger partial charge in [0.25, 0.3) is 5.91 Å². The molecule has 2 aromatic rings. The van der Waals surface area contributed by atoms with Crippen molar-refractivity contribution in [3.05, 3.63) is 48.2 Å². The van der Waals surface area contributed by atoms with E-state index in [0.717, 1.165) is 17.8 Å². The Kier molecular flexibility index (Phi) is 5.90. The lowest BCUT2D eigenvalue weighted by Crippen LogP contribution is -2.48. The number of hydrogen-bond acceptors (Lipinski definition) is 5. The number of nitrogens with one attached hydrogen (secondary N) is 1. The fraction of sp³-hybridized carbons (Fsp3) is 0.350. The summed E-state index contributed by atoms with van der Waals surface area (Å²) in [5.41, 5.74) is 1.43. The number of ether oxygens (including phenoxy) is 1. The van der Waals surface area contributed by atoms with Crippen molar-refractivity contribution < 1.29 is 14.3 Å². The van der Waals surface area contributed by atoms with E-state index >= 15 is 0 Å². The normalized spacial score (nSPS) is 14.2. The number of anilines is 2. The van der Waals surface area contributed by atoms with E-state index in [2.05, 4.69) is 10.3 Å². The summed E-state index contributed by atoms with van der Waals surface area (Å²) in [4.78, 5) is 31.0. The fourth-order valence-corrected chi connectivity index (χ4v) is 2.84. The fourth-order valence-electron chi connectivity index (χ4n) is 2.84. The molecular weight excluding hydrogens is 344 g/mol. The van der Waals surface area contributed by atoms with Crippen molar-refractivity contribution in [2.75, 3.05) is 31.5 Å². The minimum absolute atomic E-state index is 0.0604. The number of nitrogens with zero attached hydrogens (tertiary/aromatic N) is 3. The summed E-state index contributed by atoms with van der Waals surface area (Å²) in [5, 5.41) is 3.21. The molecule has 0 saturated carbocycles. The van der Waals surface area contributed by atoms with Crippen molar-refractivity contribution in [1.82, 2.24) is 14.8 Å². The topological polar surface area (TPSA) is 74.8 Å². The van der Waals surface area contributed by atoms with Crippen LogP contribution in [0, 0.1) is 0 Å². The lowest BCUT2D eigenvalue weighted by molar-refractivity contribution is -0.119. The zero-order valence-electron chi connectivity index (χ0n) is 15.6. The molecule has 0 aliphatic carbocycles. The van der Waals surface area contributed by atoms with Crippen molar-refractivity contribution in [2.24, 2.45) is 0 Å². The van der Waals surface area contributed by atoms with E-state index in [1.807, 2.05) is 38.1 Å². The summed E-state index contributed by atoms with van der Waals surface area (Å²) in [5.74, 6) is 1.42. The molecule has 1 fully saturated rings. The van der Waals surface area contributed by atoms with Crippen LogP contribution >= 0.6 is 0 Å². The number of rotatable bonds is 6. The van der Waals surface area contributed by atoms with Gasteiger partial charge in [-0.1, -0.05) is 0 Å². The van der Waals surface area contributed by atoms with Crippen LogP contribution < -0.4 is 10.1 Å². The molecule has 142 valence electrons. The molecule has 7 heteroatoms. The van der Waals surface area contributed by atoms with Crippen molar-refractivity contribution >= 4 is 23.8 Å². The van der Waals surface area contributed by atoms with Gasteiger partial charge < -0.3 is 19.9 Å². The summed E-state index contributed by atoms with van der Waals surface area (Å²) in [6.45, 7) is 6.20. The summed E-state index contributed by atoms with van der Waals surface area (Å²) >= 11 is 0. The average molecular weight is 368 g/mol. The first-order chi connectivity index (χ1) is 13.0. The molecule has 2 heterocycles. The van der Waals surface area contributed by atoms with Gasteiger partial charge in [0, 0.05) is 38.1 Å². The van der Waals surface area contributed by atoms with Gasteiger partial charge >= 0.3 is 0 Å². The standard InChI is InChI=1S/C20H24N4O3/c1-15(2)27-18-6-4-17(5-7-18)22-19-8-3-16(13-21-19)20(26)24-11-9-23(14-25)10-12-24/h3-8,13-15H,9-12H2,1-2H3,(H,21,22). The first-order valence-electron chi connectivity index (χ1n) is 9.03. The van der Waals surface area contributed by atoms with Crippen LogP contribution in [0.3, 0.4) is 0 Å². The second-order valence-electron chi connectivity index (χ2n) is 6.68. The molecule has 3 rings (SSSR count). The molecule has 7 nitrogen and oxygen atoms in total. The molecule has 1 aromatic heterocycles. The van der Waals surface area contributed by atoms with Crippen LogP contribution in [-0.2, 0) is 4.79 Å². The molecule has 1 saturated heterocycles. The third-order valence-electron chi connectivity index (χ3n) is 4.26. The van der Waals surface area contributed by atoms with E-state index in [4.69, 9.17) is 4.74 Å². The van der Waals surface area contributed by atoms with E-state index in [1.54, 1.807) is 28.1 Å². The van der Waals surface area contributed by atoms with Crippen molar-refractivity contribution in [3.8, 4) is 5.75 Å². The van der Waals surface area contributed by atoms with E-state index in [1.165, 1.54) is 0 Å². The number of pyridine rings is 1. The van der Waals surface area contributed by atoms with Crippen LogP contribution in [0.5, 0.6) is 5.75 Å². The molecule has 0 radical (unpaired) electrons. The van der Waals surface area contributed by atoms with E-state index in [-0.39, 0.29) is 12.0 Å². The van der Waals surface area contributed by atoms with Crippen molar-refractivity contribution in [1.29, 1.82) is 0 Å².